The molecular weight excluding hydrogens is 170 g/mol. The van der Waals surface area contributed by atoms with Gasteiger partial charge in [-0.15, -0.1) is 0 Å². The molecule has 0 aliphatic carbocycles. The highest BCUT2D eigenvalue weighted by atomic mass is 14.5. The minimum atomic E-state index is 0.746. The summed E-state index contributed by atoms with van der Waals surface area (Å²) in [7, 11) is 0. The normalized spacial score (nSPS) is 10.6. The van der Waals surface area contributed by atoms with E-state index in [1.165, 1.54) is 35.1 Å². The van der Waals surface area contributed by atoms with Gasteiger partial charge in [0.25, 0.3) is 0 Å². The molecule has 0 unspecified atom stereocenters. The van der Waals surface area contributed by atoms with Crippen molar-refractivity contribution in [3.8, 4) is 0 Å². The highest BCUT2D eigenvalue weighted by molar-refractivity contribution is 5.38. The minimum Gasteiger partial charge on any atom is -0.330 e. The van der Waals surface area contributed by atoms with Crippen LogP contribution in [-0.4, -0.2) is 6.54 Å². The topological polar surface area (TPSA) is 26.0 Å². The van der Waals surface area contributed by atoms with Crippen molar-refractivity contribution in [3.05, 3.63) is 34.4 Å². The van der Waals surface area contributed by atoms with Crippen LogP contribution in [0.5, 0.6) is 0 Å². The molecule has 0 heterocycles. The fraction of sp³-hybridized carbons (Fsp3) is 0.538. The molecule has 1 nitrogen and oxygen atoms in total. The van der Waals surface area contributed by atoms with Crippen LogP contribution in [-0.2, 0) is 12.8 Å². The molecule has 0 saturated heterocycles. The molecule has 0 fully saturated rings. The van der Waals surface area contributed by atoms with Crippen molar-refractivity contribution in [1.82, 2.24) is 0 Å². The molecule has 0 saturated carbocycles. The van der Waals surface area contributed by atoms with Gasteiger partial charge in [0, 0.05) is 0 Å². The van der Waals surface area contributed by atoms with Gasteiger partial charge in [0.1, 0.15) is 0 Å². The lowest BCUT2D eigenvalue weighted by Gasteiger charge is -2.11. The first kappa shape index (κ1) is 11.3. The van der Waals surface area contributed by atoms with Gasteiger partial charge in [0.15, 0.2) is 0 Å². The predicted molar refractivity (Wildman–Crippen MR) is 62.7 cm³/mol. The van der Waals surface area contributed by atoms with Crippen LogP contribution in [0.3, 0.4) is 0 Å². The SMILES string of the molecule is CCCc1cc(C)cc(CCN)c1C. The Morgan fingerprint density at radius 3 is 2.14 bits per heavy atom. The summed E-state index contributed by atoms with van der Waals surface area (Å²) in [5.74, 6) is 0. The number of hydrogen-bond acceptors (Lipinski definition) is 1. The van der Waals surface area contributed by atoms with Gasteiger partial charge in [-0.3, -0.25) is 0 Å². The number of hydrogen-bond donors (Lipinski definition) is 1. The monoisotopic (exact) mass is 191 g/mol. The molecule has 0 aromatic heterocycles. The molecular formula is C13H21N. The van der Waals surface area contributed by atoms with E-state index in [0.29, 0.717) is 0 Å². The zero-order valence-electron chi connectivity index (χ0n) is 9.56. The number of aryl methyl sites for hydroxylation is 2. The molecule has 1 rings (SSSR count). The lowest BCUT2D eigenvalue weighted by Crippen LogP contribution is -2.06. The van der Waals surface area contributed by atoms with E-state index < -0.39 is 0 Å². The molecule has 1 aromatic carbocycles. The Labute approximate surface area is 87.3 Å². The Kier molecular flexibility index (Phi) is 4.15. The van der Waals surface area contributed by atoms with Crippen LogP contribution < -0.4 is 5.73 Å². The molecule has 0 spiro atoms. The largest absolute Gasteiger partial charge is 0.330 e. The predicted octanol–water partition coefficient (Wildman–Crippen LogP) is 2.76. The van der Waals surface area contributed by atoms with Crippen LogP contribution in [0.15, 0.2) is 12.1 Å². The van der Waals surface area contributed by atoms with Gasteiger partial charge in [0.05, 0.1) is 0 Å². The van der Waals surface area contributed by atoms with Gasteiger partial charge in [-0.25, -0.2) is 0 Å². The van der Waals surface area contributed by atoms with Crippen molar-refractivity contribution in [2.24, 2.45) is 5.73 Å². The number of benzene rings is 1. The zero-order valence-corrected chi connectivity index (χ0v) is 9.56. The van der Waals surface area contributed by atoms with E-state index in [4.69, 9.17) is 5.73 Å². The second-order valence-corrected chi connectivity index (χ2v) is 4.00. The molecule has 1 heteroatoms. The molecule has 2 N–H and O–H groups in total. The summed E-state index contributed by atoms with van der Waals surface area (Å²) in [6.45, 7) is 7.36. The zero-order chi connectivity index (χ0) is 10.6. The van der Waals surface area contributed by atoms with Crippen LogP contribution >= 0.6 is 0 Å². The lowest BCUT2D eigenvalue weighted by atomic mass is 9.95. The van der Waals surface area contributed by atoms with Crippen molar-refractivity contribution in [1.29, 1.82) is 0 Å². The summed E-state index contributed by atoms with van der Waals surface area (Å²) in [6.07, 6.45) is 3.40. The Balaban J connectivity index is 3.04. The minimum absolute atomic E-state index is 0.746. The fourth-order valence-corrected chi connectivity index (χ4v) is 1.96. The third kappa shape index (κ3) is 2.58. The van der Waals surface area contributed by atoms with E-state index in [9.17, 15) is 0 Å². The van der Waals surface area contributed by atoms with E-state index in [0.717, 1.165) is 13.0 Å². The maximum atomic E-state index is 5.60. The van der Waals surface area contributed by atoms with Crippen LogP contribution in [0.4, 0.5) is 0 Å². The molecule has 0 bridgehead atoms. The lowest BCUT2D eigenvalue weighted by molar-refractivity contribution is 0.891. The second kappa shape index (κ2) is 5.16. The maximum Gasteiger partial charge on any atom is -0.00366 e. The standard InChI is InChI=1S/C13H21N/c1-4-5-12-8-10(2)9-13(6-7-14)11(12)3/h8-9H,4-7,14H2,1-3H3. The van der Waals surface area contributed by atoms with E-state index >= 15 is 0 Å². The first-order valence-electron chi connectivity index (χ1n) is 5.48. The summed E-state index contributed by atoms with van der Waals surface area (Å²) in [5, 5.41) is 0. The Bertz CT molecular complexity index is 275. The molecule has 0 atom stereocenters. The van der Waals surface area contributed by atoms with Crippen LogP contribution in [0.1, 0.15) is 35.6 Å². The van der Waals surface area contributed by atoms with Gasteiger partial charge in [-0.1, -0.05) is 31.0 Å². The smallest absolute Gasteiger partial charge is 0.00366 e. The van der Waals surface area contributed by atoms with Gasteiger partial charge in [-0.05, 0) is 49.9 Å². The molecule has 0 radical (unpaired) electrons. The van der Waals surface area contributed by atoms with E-state index in [1.807, 2.05) is 0 Å². The first-order valence-corrected chi connectivity index (χ1v) is 5.48. The van der Waals surface area contributed by atoms with Crippen molar-refractivity contribution >= 4 is 0 Å². The molecule has 1 aromatic rings. The number of nitrogens with two attached hydrogens (primary N) is 1. The van der Waals surface area contributed by atoms with Crippen LogP contribution in [0.2, 0.25) is 0 Å². The average Bonchev–Trinajstić information content (AvgIpc) is 2.14. The van der Waals surface area contributed by atoms with E-state index in [-0.39, 0.29) is 0 Å². The Morgan fingerprint density at radius 2 is 1.64 bits per heavy atom. The maximum absolute atomic E-state index is 5.60. The van der Waals surface area contributed by atoms with Gasteiger partial charge in [0.2, 0.25) is 0 Å². The quantitative estimate of drug-likeness (QED) is 0.778. The molecule has 0 aliphatic rings. The van der Waals surface area contributed by atoms with Crippen LogP contribution in [0.25, 0.3) is 0 Å². The van der Waals surface area contributed by atoms with Crippen molar-refractivity contribution in [3.63, 3.8) is 0 Å². The average molecular weight is 191 g/mol. The summed E-state index contributed by atoms with van der Waals surface area (Å²) in [4.78, 5) is 0. The Hall–Kier alpha value is -0.820. The van der Waals surface area contributed by atoms with Crippen LogP contribution in [0, 0.1) is 13.8 Å². The van der Waals surface area contributed by atoms with Crippen molar-refractivity contribution < 1.29 is 0 Å². The van der Waals surface area contributed by atoms with Gasteiger partial charge in [-0.2, -0.15) is 0 Å². The highest BCUT2D eigenvalue weighted by Gasteiger charge is 2.04. The first-order chi connectivity index (χ1) is 6.69. The second-order valence-electron chi connectivity index (χ2n) is 4.00. The molecule has 0 aliphatic heterocycles. The van der Waals surface area contributed by atoms with E-state index in [2.05, 4.69) is 32.9 Å². The van der Waals surface area contributed by atoms with Gasteiger partial charge < -0.3 is 5.73 Å². The summed E-state index contributed by atoms with van der Waals surface area (Å²) in [6, 6.07) is 4.57. The summed E-state index contributed by atoms with van der Waals surface area (Å²) < 4.78 is 0. The Morgan fingerprint density at radius 1 is 1.07 bits per heavy atom. The van der Waals surface area contributed by atoms with Crippen molar-refractivity contribution in [2.45, 2.75) is 40.0 Å². The molecule has 14 heavy (non-hydrogen) atoms. The fourth-order valence-electron chi connectivity index (χ4n) is 1.96. The third-order valence-electron chi connectivity index (χ3n) is 2.70. The summed E-state index contributed by atoms with van der Waals surface area (Å²) in [5.41, 5.74) is 11.3. The van der Waals surface area contributed by atoms with Gasteiger partial charge >= 0.3 is 0 Å². The summed E-state index contributed by atoms with van der Waals surface area (Å²) >= 11 is 0. The van der Waals surface area contributed by atoms with Crippen molar-refractivity contribution in [2.75, 3.05) is 6.54 Å². The molecule has 78 valence electrons. The molecule has 0 amide bonds. The highest BCUT2D eigenvalue weighted by Crippen LogP contribution is 2.18. The number of rotatable bonds is 4. The van der Waals surface area contributed by atoms with E-state index in [1.54, 1.807) is 0 Å². The third-order valence-corrected chi connectivity index (χ3v) is 2.70.